The Morgan fingerprint density at radius 1 is 1.14 bits per heavy atom. The van der Waals surface area contributed by atoms with Crippen LogP contribution in [0.15, 0.2) is 51.6 Å². The van der Waals surface area contributed by atoms with Crippen molar-refractivity contribution in [3.63, 3.8) is 0 Å². The van der Waals surface area contributed by atoms with E-state index in [-0.39, 0.29) is 5.92 Å². The van der Waals surface area contributed by atoms with Crippen molar-refractivity contribution in [3.05, 3.63) is 54.3 Å². The number of methoxy groups -OCH3 is 1. The lowest BCUT2D eigenvalue weighted by Crippen LogP contribution is -1.85. The Hall–Kier alpha value is -2.56. The summed E-state index contributed by atoms with van der Waals surface area (Å²) >= 11 is 0. The quantitative estimate of drug-likeness (QED) is 0.731. The van der Waals surface area contributed by atoms with Crippen molar-refractivity contribution in [2.45, 2.75) is 18.3 Å². The van der Waals surface area contributed by atoms with Crippen molar-refractivity contribution in [2.75, 3.05) is 7.11 Å². The molecule has 1 aliphatic carbocycles. The van der Waals surface area contributed by atoms with Gasteiger partial charge in [-0.1, -0.05) is 5.16 Å². The van der Waals surface area contributed by atoms with E-state index in [0.717, 1.165) is 23.5 Å². The number of hydrogen-bond donors (Lipinski definition) is 0. The molecule has 1 saturated carbocycles. The lowest BCUT2D eigenvalue weighted by atomic mass is 10.2. The minimum absolute atomic E-state index is 0.274. The second kappa shape index (κ2) is 4.77. The maximum atomic E-state index is 5.42. The molecule has 1 aromatic carbocycles. The third-order valence-electron chi connectivity index (χ3n) is 3.81. The highest BCUT2D eigenvalue weighted by molar-refractivity contribution is 5.55. The number of ether oxygens (including phenoxy) is 1. The maximum Gasteiger partial charge on any atom is 0.230 e. The van der Waals surface area contributed by atoms with Crippen molar-refractivity contribution >= 4 is 0 Å². The van der Waals surface area contributed by atoms with Gasteiger partial charge in [-0.2, -0.15) is 4.98 Å². The molecule has 0 bridgehead atoms. The monoisotopic (exact) mass is 282 g/mol. The average molecular weight is 282 g/mol. The van der Waals surface area contributed by atoms with Gasteiger partial charge in [0.1, 0.15) is 11.5 Å². The van der Waals surface area contributed by atoms with Crippen LogP contribution in [0.2, 0.25) is 0 Å². The van der Waals surface area contributed by atoms with Gasteiger partial charge >= 0.3 is 0 Å². The van der Waals surface area contributed by atoms with E-state index in [2.05, 4.69) is 10.1 Å². The molecule has 3 aromatic rings. The molecule has 0 unspecified atom stereocenters. The number of aromatic nitrogens is 2. The van der Waals surface area contributed by atoms with Crippen molar-refractivity contribution in [3.8, 4) is 17.1 Å². The summed E-state index contributed by atoms with van der Waals surface area (Å²) < 4.78 is 16.0. The minimum atomic E-state index is 0.274. The second-order valence-electron chi connectivity index (χ2n) is 5.15. The van der Waals surface area contributed by atoms with Gasteiger partial charge in [0, 0.05) is 17.4 Å². The highest BCUT2D eigenvalue weighted by Crippen LogP contribution is 2.54. The van der Waals surface area contributed by atoms with Crippen molar-refractivity contribution in [1.82, 2.24) is 10.1 Å². The molecule has 0 N–H and O–H groups in total. The van der Waals surface area contributed by atoms with Gasteiger partial charge in [-0.05, 0) is 42.8 Å². The van der Waals surface area contributed by atoms with E-state index >= 15 is 0 Å². The molecule has 2 aromatic heterocycles. The van der Waals surface area contributed by atoms with E-state index in [0.29, 0.717) is 17.6 Å². The molecule has 2 atom stereocenters. The lowest BCUT2D eigenvalue weighted by Gasteiger charge is -1.98. The molecule has 0 amide bonds. The topological polar surface area (TPSA) is 61.3 Å². The van der Waals surface area contributed by atoms with Crippen LogP contribution in [0.3, 0.4) is 0 Å². The largest absolute Gasteiger partial charge is 0.497 e. The van der Waals surface area contributed by atoms with Gasteiger partial charge in [0.05, 0.1) is 13.4 Å². The predicted octanol–water partition coefficient (Wildman–Crippen LogP) is 3.61. The molecule has 1 aliphatic rings. The van der Waals surface area contributed by atoms with Crippen LogP contribution in [0.5, 0.6) is 5.75 Å². The number of furan rings is 1. The summed E-state index contributed by atoms with van der Waals surface area (Å²) in [6, 6.07) is 11.5. The third kappa shape index (κ3) is 2.20. The number of rotatable bonds is 4. The number of nitrogens with zero attached hydrogens (tertiary/aromatic N) is 2. The van der Waals surface area contributed by atoms with Crippen molar-refractivity contribution in [1.29, 1.82) is 0 Å². The normalized spacial score (nSPS) is 20.4. The SMILES string of the molecule is COc1ccc(-c2noc([C@@H]3C[C@@H]3c3ccco3)n2)cc1. The van der Waals surface area contributed by atoms with Gasteiger partial charge in [0.2, 0.25) is 11.7 Å². The molecule has 5 heteroatoms. The first-order chi connectivity index (χ1) is 10.3. The Labute approximate surface area is 121 Å². The van der Waals surface area contributed by atoms with Gasteiger partial charge in [-0.3, -0.25) is 0 Å². The van der Waals surface area contributed by atoms with Gasteiger partial charge in [-0.25, -0.2) is 0 Å². The summed E-state index contributed by atoms with van der Waals surface area (Å²) in [6.45, 7) is 0. The zero-order valence-corrected chi connectivity index (χ0v) is 11.5. The smallest absolute Gasteiger partial charge is 0.230 e. The Balaban J connectivity index is 1.53. The molecule has 0 aliphatic heterocycles. The molecule has 4 rings (SSSR count). The fraction of sp³-hybridized carbons (Fsp3) is 0.250. The van der Waals surface area contributed by atoms with Gasteiger partial charge in [-0.15, -0.1) is 0 Å². The summed E-state index contributed by atoms with van der Waals surface area (Å²) in [5.74, 6) is 3.73. The summed E-state index contributed by atoms with van der Waals surface area (Å²) in [5.41, 5.74) is 0.918. The van der Waals surface area contributed by atoms with Crippen LogP contribution in [0.25, 0.3) is 11.4 Å². The lowest BCUT2D eigenvalue weighted by molar-refractivity contribution is 0.376. The summed E-state index contributed by atoms with van der Waals surface area (Å²) in [5, 5.41) is 4.06. The molecule has 0 saturated heterocycles. The van der Waals surface area contributed by atoms with Crippen molar-refractivity contribution < 1.29 is 13.7 Å². The van der Waals surface area contributed by atoms with Crippen molar-refractivity contribution in [2.24, 2.45) is 0 Å². The highest BCUT2D eigenvalue weighted by atomic mass is 16.5. The van der Waals surface area contributed by atoms with Crippen LogP contribution in [0.1, 0.15) is 29.9 Å². The van der Waals surface area contributed by atoms with Gasteiger partial charge in [0.15, 0.2) is 0 Å². The van der Waals surface area contributed by atoms with Crippen LogP contribution in [-0.4, -0.2) is 17.3 Å². The van der Waals surface area contributed by atoms with E-state index < -0.39 is 0 Å². The fourth-order valence-corrected chi connectivity index (χ4v) is 2.53. The number of hydrogen-bond acceptors (Lipinski definition) is 5. The van der Waals surface area contributed by atoms with E-state index in [1.165, 1.54) is 0 Å². The Bertz CT molecular complexity index is 731. The van der Waals surface area contributed by atoms with Crippen LogP contribution in [-0.2, 0) is 0 Å². The molecular weight excluding hydrogens is 268 g/mol. The summed E-state index contributed by atoms with van der Waals surface area (Å²) in [6.07, 6.45) is 2.69. The van der Waals surface area contributed by atoms with Gasteiger partial charge < -0.3 is 13.7 Å². The standard InChI is InChI=1S/C16H14N2O3/c1-19-11-6-4-10(5-7-11)15-17-16(21-18-15)13-9-12(13)14-3-2-8-20-14/h2-8,12-13H,9H2,1H3/t12-,13+/m0/s1. The first-order valence-corrected chi connectivity index (χ1v) is 6.86. The molecule has 0 radical (unpaired) electrons. The fourth-order valence-electron chi connectivity index (χ4n) is 2.53. The van der Waals surface area contributed by atoms with Gasteiger partial charge in [0.25, 0.3) is 0 Å². The Morgan fingerprint density at radius 3 is 2.71 bits per heavy atom. The number of benzene rings is 1. The molecule has 5 nitrogen and oxygen atoms in total. The molecular formula is C16H14N2O3. The van der Waals surface area contributed by atoms with E-state index in [1.807, 2.05) is 36.4 Å². The van der Waals surface area contributed by atoms with E-state index in [4.69, 9.17) is 13.7 Å². The zero-order chi connectivity index (χ0) is 14.2. The molecule has 0 spiro atoms. The molecule has 21 heavy (non-hydrogen) atoms. The average Bonchev–Trinajstić information content (AvgIpc) is 2.97. The molecule has 1 fully saturated rings. The molecule has 106 valence electrons. The van der Waals surface area contributed by atoms with Crippen LogP contribution in [0, 0.1) is 0 Å². The first-order valence-electron chi connectivity index (χ1n) is 6.86. The second-order valence-corrected chi connectivity index (χ2v) is 5.15. The Morgan fingerprint density at radius 2 is 2.00 bits per heavy atom. The van der Waals surface area contributed by atoms with Crippen LogP contribution < -0.4 is 4.74 Å². The van der Waals surface area contributed by atoms with E-state index in [1.54, 1.807) is 13.4 Å². The van der Waals surface area contributed by atoms with E-state index in [9.17, 15) is 0 Å². The summed E-state index contributed by atoms with van der Waals surface area (Å²) in [4.78, 5) is 4.50. The van der Waals surface area contributed by atoms with Crippen LogP contribution in [0.4, 0.5) is 0 Å². The Kier molecular flexibility index (Phi) is 2.77. The zero-order valence-electron chi connectivity index (χ0n) is 11.5. The highest BCUT2D eigenvalue weighted by Gasteiger charge is 2.45. The third-order valence-corrected chi connectivity index (χ3v) is 3.81. The molecule has 2 heterocycles. The minimum Gasteiger partial charge on any atom is -0.497 e. The maximum absolute atomic E-state index is 5.42. The van der Waals surface area contributed by atoms with Crippen LogP contribution >= 0.6 is 0 Å². The predicted molar refractivity (Wildman–Crippen MR) is 75.1 cm³/mol. The first kappa shape index (κ1) is 12.2. The summed E-state index contributed by atoms with van der Waals surface area (Å²) in [7, 11) is 1.64.